The molecular formula is C20H23N3O. The van der Waals surface area contributed by atoms with E-state index in [0.717, 1.165) is 30.6 Å². The molecule has 4 heteroatoms. The minimum atomic E-state index is 0.0663. The third-order valence-electron chi connectivity index (χ3n) is 4.41. The number of pyridine rings is 1. The Hall–Kier alpha value is -2.62. The van der Waals surface area contributed by atoms with Crippen molar-refractivity contribution in [1.82, 2.24) is 9.88 Å². The Morgan fingerprint density at radius 3 is 2.92 bits per heavy atom. The lowest BCUT2D eigenvalue weighted by Gasteiger charge is -2.25. The van der Waals surface area contributed by atoms with Crippen LogP contribution in [-0.2, 0) is 4.79 Å². The lowest BCUT2D eigenvalue weighted by atomic mass is 10.0. The molecule has 1 amide bonds. The highest BCUT2D eigenvalue weighted by molar-refractivity contribution is 5.92. The van der Waals surface area contributed by atoms with E-state index in [9.17, 15) is 4.79 Å². The molecule has 1 aromatic heterocycles. The van der Waals surface area contributed by atoms with Crippen molar-refractivity contribution in [3.8, 4) is 0 Å². The van der Waals surface area contributed by atoms with E-state index in [1.807, 2.05) is 37.2 Å². The molecule has 2 aromatic rings. The van der Waals surface area contributed by atoms with E-state index >= 15 is 0 Å². The number of hydrogen-bond donors (Lipinski definition) is 0. The van der Waals surface area contributed by atoms with Gasteiger partial charge in [0.25, 0.3) is 0 Å². The van der Waals surface area contributed by atoms with Crippen LogP contribution in [0, 0.1) is 0 Å². The Morgan fingerprint density at radius 1 is 1.29 bits per heavy atom. The van der Waals surface area contributed by atoms with Crippen LogP contribution >= 0.6 is 0 Å². The number of nitrogens with zero attached hydrogens (tertiary/aromatic N) is 3. The van der Waals surface area contributed by atoms with Crippen molar-refractivity contribution < 1.29 is 4.79 Å². The second-order valence-electron chi connectivity index (χ2n) is 6.30. The summed E-state index contributed by atoms with van der Waals surface area (Å²) >= 11 is 0. The van der Waals surface area contributed by atoms with Crippen molar-refractivity contribution in [1.29, 1.82) is 0 Å². The summed E-state index contributed by atoms with van der Waals surface area (Å²) in [6, 6.07) is 12.4. The number of amides is 1. The van der Waals surface area contributed by atoms with Crippen LogP contribution in [0.2, 0.25) is 0 Å². The summed E-state index contributed by atoms with van der Waals surface area (Å²) in [5, 5.41) is 0. The number of likely N-dealkylation sites (tertiary alicyclic amines) is 1. The van der Waals surface area contributed by atoms with Gasteiger partial charge in [-0.05, 0) is 48.2 Å². The van der Waals surface area contributed by atoms with Gasteiger partial charge in [0.1, 0.15) is 0 Å². The Labute approximate surface area is 143 Å². The van der Waals surface area contributed by atoms with Gasteiger partial charge < -0.3 is 9.80 Å². The Balaban J connectivity index is 1.76. The third kappa shape index (κ3) is 3.65. The maximum atomic E-state index is 12.6. The molecule has 0 saturated carbocycles. The molecule has 1 aliphatic rings. The molecule has 1 saturated heterocycles. The van der Waals surface area contributed by atoms with E-state index in [-0.39, 0.29) is 11.9 Å². The summed E-state index contributed by atoms with van der Waals surface area (Å²) < 4.78 is 0. The fraction of sp³-hybridized carbons (Fsp3) is 0.300. The summed E-state index contributed by atoms with van der Waals surface area (Å²) in [5.41, 5.74) is 3.32. The third-order valence-corrected chi connectivity index (χ3v) is 4.41. The van der Waals surface area contributed by atoms with Crippen molar-refractivity contribution in [2.75, 3.05) is 25.5 Å². The van der Waals surface area contributed by atoms with Gasteiger partial charge in [0.05, 0.1) is 6.04 Å². The molecule has 124 valence electrons. The van der Waals surface area contributed by atoms with Gasteiger partial charge in [-0.1, -0.05) is 18.2 Å². The highest BCUT2D eigenvalue weighted by Gasteiger charge is 2.28. The van der Waals surface area contributed by atoms with Crippen LogP contribution in [0.1, 0.15) is 30.0 Å². The number of hydrogen-bond acceptors (Lipinski definition) is 3. The minimum Gasteiger partial charge on any atom is -0.378 e. The summed E-state index contributed by atoms with van der Waals surface area (Å²) in [7, 11) is 4.07. The zero-order valence-corrected chi connectivity index (χ0v) is 14.2. The predicted octanol–water partition coefficient (Wildman–Crippen LogP) is 3.52. The normalized spacial score (nSPS) is 17.4. The van der Waals surface area contributed by atoms with Crippen molar-refractivity contribution in [3.63, 3.8) is 0 Å². The maximum Gasteiger partial charge on any atom is 0.247 e. The smallest absolute Gasteiger partial charge is 0.247 e. The average Bonchev–Trinajstić information content (AvgIpc) is 3.10. The molecule has 2 heterocycles. The second kappa shape index (κ2) is 7.30. The van der Waals surface area contributed by atoms with Crippen LogP contribution in [0.15, 0.2) is 54.9 Å². The molecule has 1 fully saturated rings. The Morgan fingerprint density at radius 2 is 2.17 bits per heavy atom. The maximum absolute atomic E-state index is 12.6. The van der Waals surface area contributed by atoms with Crippen molar-refractivity contribution in [2.24, 2.45) is 0 Å². The number of carbonyl (C=O) groups is 1. The van der Waals surface area contributed by atoms with Gasteiger partial charge in [-0.2, -0.15) is 0 Å². The van der Waals surface area contributed by atoms with Gasteiger partial charge >= 0.3 is 0 Å². The van der Waals surface area contributed by atoms with E-state index in [2.05, 4.69) is 34.1 Å². The lowest BCUT2D eigenvalue weighted by molar-refractivity contribution is -0.126. The molecule has 1 aliphatic heterocycles. The monoisotopic (exact) mass is 321 g/mol. The SMILES string of the molecule is CN(C)c1cccc([C@H]2CCCN2C(=O)/C=C/c2cccnc2)c1. The first-order chi connectivity index (χ1) is 11.6. The fourth-order valence-corrected chi connectivity index (χ4v) is 3.13. The average molecular weight is 321 g/mol. The van der Waals surface area contributed by atoms with Gasteiger partial charge in [-0.3, -0.25) is 9.78 Å². The van der Waals surface area contributed by atoms with Gasteiger partial charge in [-0.25, -0.2) is 0 Å². The van der Waals surface area contributed by atoms with E-state index in [4.69, 9.17) is 0 Å². The molecule has 0 N–H and O–H groups in total. The quantitative estimate of drug-likeness (QED) is 0.808. The van der Waals surface area contributed by atoms with Crippen LogP contribution < -0.4 is 4.90 Å². The van der Waals surface area contributed by atoms with Crippen molar-refractivity contribution in [2.45, 2.75) is 18.9 Å². The summed E-state index contributed by atoms with van der Waals surface area (Å²) in [5.74, 6) is 0.0663. The number of anilines is 1. The molecule has 4 nitrogen and oxygen atoms in total. The van der Waals surface area contributed by atoms with E-state index < -0.39 is 0 Å². The minimum absolute atomic E-state index is 0.0663. The first-order valence-corrected chi connectivity index (χ1v) is 8.31. The molecule has 0 spiro atoms. The molecule has 1 atom stereocenters. The van der Waals surface area contributed by atoms with Crippen LogP contribution in [-0.4, -0.2) is 36.4 Å². The number of benzene rings is 1. The van der Waals surface area contributed by atoms with Crippen LogP contribution in [0.4, 0.5) is 5.69 Å². The number of rotatable bonds is 4. The van der Waals surface area contributed by atoms with Gasteiger partial charge in [0, 0.05) is 44.8 Å². The van der Waals surface area contributed by atoms with Crippen LogP contribution in [0.3, 0.4) is 0 Å². The van der Waals surface area contributed by atoms with Gasteiger partial charge in [-0.15, -0.1) is 0 Å². The molecule has 0 radical (unpaired) electrons. The molecular weight excluding hydrogens is 298 g/mol. The lowest BCUT2D eigenvalue weighted by Crippen LogP contribution is -2.29. The predicted molar refractivity (Wildman–Crippen MR) is 97.7 cm³/mol. The van der Waals surface area contributed by atoms with Crippen molar-refractivity contribution in [3.05, 3.63) is 66.0 Å². The Kier molecular flexibility index (Phi) is 4.94. The molecule has 24 heavy (non-hydrogen) atoms. The fourth-order valence-electron chi connectivity index (χ4n) is 3.13. The van der Waals surface area contributed by atoms with Crippen LogP contribution in [0.5, 0.6) is 0 Å². The van der Waals surface area contributed by atoms with Crippen LogP contribution in [0.25, 0.3) is 6.08 Å². The summed E-state index contributed by atoms with van der Waals surface area (Å²) in [6.07, 6.45) is 9.04. The van der Waals surface area contributed by atoms with E-state index in [1.54, 1.807) is 18.5 Å². The Bertz CT molecular complexity index is 725. The highest BCUT2D eigenvalue weighted by Crippen LogP contribution is 2.33. The first-order valence-electron chi connectivity index (χ1n) is 8.31. The highest BCUT2D eigenvalue weighted by atomic mass is 16.2. The molecule has 1 aromatic carbocycles. The number of aromatic nitrogens is 1. The van der Waals surface area contributed by atoms with E-state index in [0.29, 0.717) is 0 Å². The van der Waals surface area contributed by atoms with Crippen molar-refractivity contribution >= 4 is 17.7 Å². The van der Waals surface area contributed by atoms with Gasteiger partial charge in [0.15, 0.2) is 0 Å². The topological polar surface area (TPSA) is 36.4 Å². The zero-order valence-electron chi connectivity index (χ0n) is 14.2. The second-order valence-corrected chi connectivity index (χ2v) is 6.30. The molecule has 0 aliphatic carbocycles. The summed E-state index contributed by atoms with van der Waals surface area (Å²) in [6.45, 7) is 0.813. The van der Waals surface area contributed by atoms with Gasteiger partial charge in [0.2, 0.25) is 5.91 Å². The first kappa shape index (κ1) is 16.2. The molecule has 3 rings (SSSR count). The number of carbonyl (C=O) groups excluding carboxylic acids is 1. The standard InChI is InChI=1S/C20H23N3O/c1-22(2)18-8-3-7-17(14-18)19-9-5-13-23(19)20(24)11-10-16-6-4-12-21-15-16/h3-4,6-8,10-12,14-15,19H,5,9,13H2,1-2H3/b11-10+/t19-/m1/s1. The molecule has 0 bridgehead atoms. The molecule has 0 unspecified atom stereocenters. The largest absolute Gasteiger partial charge is 0.378 e. The summed E-state index contributed by atoms with van der Waals surface area (Å²) in [4.78, 5) is 20.8. The van der Waals surface area contributed by atoms with E-state index in [1.165, 1.54) is 5.56 Å². The zero-order chi connectivity index (χ0) is 16.9.